The second-order valence-corrected chi connectivity index (χ2v) is 5.00. The molecule has 0 aliphatic heterocycles. The highest BCUT2D eigenvalue weighted by atomic mass is 16.2. The summed E-state index contributed by atoms with van der Waals surface area (Å²) in [5, 5.41) is 14.3. The molecule has 6 nitrogen and oxygen atoms in total. The summed E-state index contributed by atoms with van der Waals surface area (Å²) in [5.74, 6) is -0.107. The SMILES string of the molecule is CC(=O)N(CCNC(=O)NC1CC1)c1ccc(C#N)cc1. The van der Waals surface area contributed by atoms with Crippen molar-refractivity contribution in [1.29, 1.82) is 5.26 Å². The molecular weight excluding hydrogens is 268 g/mol. The Kier molecular flexibility index (Phi) is 4.77. The highest BCUT2D eigenvalue weighted by Crippen LogP contribution is 2.18. The highest BCUT2D eigenvalue weighted by molar-refractivity contribution is 5.91. The molecule has 1 aliphatic carbocycles. The molecule has 1 aromatic carbocycles. The number of nitriles is 1. The van der Waals surface area contributed by atoms with Crippen molar-refractivity contribution in [3.05, 3.63) is 29.8 Å². The fourth-order valence-corrected chi connectivity index (χ4v) is 1.93. The Morgan fingerprint density at radius 1 is 1.33 bits per heavy atom. The number of benzene rings is 1. The van der Waals surface area contributed by atoms with Gasteiger partial charge >= 0.3 is 6.03 Å². The van der Waals surface area contributed by atoms with E-state index in [9.17, 15) is 9.59 Å². The fourth-order valence-electron chi connectivity index (χ4n) is 1.93. The smallest absolute Gasteiger partial charge is 0.315 e. The summed E-state index contributed by atoms with van der Waals surface area (Å²) in [6, 6.07) is 8.94. The maximum atomic E-state index is 11.7. The third kappa shape index (κ3) is 4.49. The van der Waals surface area contributed by atoms with Crippen molar-refractivity contribution in [2.45, 2.75) is 25.8 Å². The van der Waals surface area contributed by atoms with Gasteiger partial charge in [-0.05, 0) is 37.1 Å². The van der Waals surface area contributed by atoms with Crippen molar-refractivity contribution in [2.24, 2.45) is 0 Å². The number of nitrogens with zero attached hydrogens (tertiary/aromatic N) is 2. The second-order valence-electron chi connectivity index (χ2n) is 5.00. The molecule has 0 heterocycles. The first-order valence-corrected chi connectivity index (χ1v) is 6.93. The van der Waals surface area contributed by atoms with Gasteiger partial charge in [-0.1, -0.05) is 0 Å². The minimum atomic E-state index is -0.194. The molecule has 3 amide bonds. The van der Waals surface area contributed by atoms with Crippen LogP contribution in [0.3, 0.4) is 0 Å². The number of nitrogens with one attached hydrogen (secondary N) is 2. The molecule has 0 atom stereocenters. The number of carbonyl (C=O) groups excluding carboxylic acids is 2. The molecule has 6 heteroatoms. The quantitative estimate of drug-likeness (QED) is 0.857. The zero-order chi connectivity index (χ0) is 15.2. The van der Waals surface area contributed by atoms with E-state index in [2.05, 4.69) is 10.6 Å². The van der Waals surface area contributed by atoms with E-state index < -0.39 is 0 Å². The van der Waals surface area contributed by atoms with Gasteiger partial charge in [-0.3, -0.25) is 4.79 Å². The van der Waals surface area contributed by atoms with E-state index in [0.717, 1.165) is 12.8 Å². The zero-order valence-corrected chi connectivity index (χ0v) is 11.9. The molecule has 0 saturated heterocycles. The lowest BCUT2D eigenvalue weighted by Crippen LogP contribution is -2.42. The Balaban J connectivity index is 1.87. The standard InChI is InChI=1S/C15H18N4O2/c1-11(20)19(14-6-2-12(10-16)3-7-14)9-8-17-15(21)18-13-4-5-13/h2-3,6-7,13H,4-5,8-9H2,1H3,(H2,17,18,21). The minimum absolute atomic E-state index is 0.107. The molecule has 0 spiro atoms. The van der Waals surface area contributed by atoms with Crippen LogP contribution in [0.2, 0.25) is 0 Å². The Bertz CT molecular complexity index is 558. The van der Waals surface area contributed by atoms with Crippen molar-refractivity contribution in [3.63, 3.8) is 0 Å². The summed E-state index contributed by atoms with van der Waals surface area (Å²) in [6.07, 6.45) is 2.08. The summed E-state index contributed by atoms with van der Waals surface area (Å²) in [7, 11) is 0. The first kappa shape index (κ1) is 14.9. The number of hydrogen-bond donors (Lipinski definition) is 2. The van der Waals surface area contributed by atoms with Gasteiger partial charge in [0, 0.05) is 31.7 Å². The Morgan fingerprint density at radius 2 is 2.00 bits per heavy atom. The van der Waals surface area contributed by atoms with Crippen LogP contribution in [0.4, 0.5) is 10.5 Å². The lowest BCUT2D eigenvalue weighted by atomic mass is 10.2. The van der Waals surface area contributed by atoms with E-state index in [1.807, 2.05) is 6.07 Å². The zero-order valence-electron chi connectivity index (χ0n) is 11.9. The molecule has 1 saturated carbocycles. The molecular formula is C15H18N4O2. The molecule has 0 unspecified atom stereocenters. The fraction of sp³-hybridized carbons (Fsp3) is 0.400. The molecule has 2 rings (SSSR count). The van der Waals surface area contributed by atoms with Crippen molar-refractivity contribution in [3.8, 4) is 6.07 Å². The Labute approximate surface area is 123 Å². The van der Waals surface area contributed by atoms with Crippen molar-refractivity contribution in [2.75, 3.05) is 18.0 Å². The van der Waals surface area contributed by atoms with Crippen LogP contribution in [0.1, 0.15) is 25.3 Å². The predicted molar refractivity (Wildman–Crippen MR) is 78.7 cm³/mol. The third-order valence-electron chi connectivity index (χ3n) is 3.22. The third-order valence-corrected chi connectivity index (χ3v) is 3.22. The number of urea groups is 1. The maximum absolute atomic E-state index is 11.7. The van der Waals surface area contributed by atoms with Crippen molar-refractivity contribution < 1.29 is 9.59 Å². The molecule has 21 heavy (non-hydrogen) atoms. The average Bonchev–Trinajstić information content (AvgIpc) is 3.27. The van der Waals surface area contributed by atoms with E-state index in [0.29, 0.717) is 30.4 Å². The van der Waals surface area contributed by atoms with E-state index >= 15 is 0 Å². The van der Waals surface area contributed by atoms with Gasteiger partial charge < -0.3 is 15.5 Å². The second kappa shape index (κ2) is 6.75. The van der Waals surface area contributed by atoms with Gasteiger partial charge in [-0.15, -0.1) is 0 Å². The lowest BCUT2D eigenvalue weighted by Gasteiger charge is -2.21. The van der Waals surface area contributed by atoms with Crippen LogP contribution in [0.5, 0.6) is 0 Å². The number of hydrogen-bond acceptors (Lipinski definition) is 3. The van der Waals surface area contributed by atoms with Crippen LogP contribution in [0.25, 0.3) is 0 Å². The topological polar surface area (TPSA) is 85.2 Å². The molecule has 0 aromatic heterocycles. The summed E-state index contributed by atoms with van der Waals surface area (Å²) >= 11 is 0. The van der Waals surface area contributed by atoms with Gasteiger partial charge in [0.1, 0.15) is 0 Å². The van der Waals surface area contributed by atoms with Crippen molar-refractivity contribution >= 4 is 17.6 Å². The molecule has 1 fully saturated rings. The molecule has 0 bridgehead atoms. The summed E-state index contributed by atoms with van der Waals surface area (Å²) < 4.78 is 0. The molecule has 1 aromatic rings. The predicted octanol–water partition coefficient (Wildman–Crippen LogP) is 1.37. The first-order valence-electron chi connectivity index (χ1n) is 6.93. The summed E-state index contributed by atoms with van der Waals surface area (Å²) in [4.78, 5) is 24.8. The Morgan fingerprint density at radius 3 is 2.52 bits per heavy atom. The number of carbonyl (C=O) groups is 2. The highest BCUT2D eigenvalue weighted by Gasteiger charge is 2.23. The van der Waals surface area contributed by atoms with Crippen LogP contribution in [0.15, 0.2) is 24.3 Å². The van der Waals surface area contributed by atoms with Crippen LogP contribution in [-0.2, 0) is 4.79 Å². The molecule has 1 aliphatic rings. The van der Waals surface area contributed by atoms with Crippen LogP contribution >= 0.6 is 0 Å². The average molecular weight is 286 g/mol. The van der Waals surface area contributed by atoms with Crippen molar-refractivity contribution in [1.82, 2.24) is 10.6 Å². The van der Waals surface area contributed by atoms with Crippen LogP contribution in [-0.4, -0.2) is 31.1 Å². The minimum Gasteiger partial charge on any atom is -0.336 e. The Hall–Kier alpha value is -2.55. The van der Waals surface area contributed by atoms with Crippen LogP contribution < -0.4 is 15.5 Å². The van der Waals surface area contributed by atoms with Gasteiger partial charge in [0.25, 0.3) is 0 Å². The number of rotatable bonds is 5. The van der Waals surface area contributed by atoms with E-state index in [1.165, 1.54) is 6.92 Å². The van der Waals surface area contributed by atoms with Gasteiger partial charge in [0.05, 0.1) is 11.6 Å². The lowest BCUT2D eigenvalue weighted by molar-refractivity contribution is -0.116. The summed E-state index contributed by atoms with van der Waals surface area (Å²) in [6.45, 7) is 2.24. The number of amides is 3. The molecule has 2 N–H and O–H groups in total. The first-order chi connectivity index (χ1) is 10.1. The normalized spacial score (nSPS) is 13.1. The van der Waals surface area contributed by atoms with E-state index in [-0.39, 0.29) is 11.9 Å². The van der Waals surface area contributed by atoms with Gasteiger partial charge in [0.2, 0.25) is 5.91 Å². The maximum Gasteiger partial charge on any atom is 0.315 e. The van der Waals surface area contributed by atoms with E-state index in [1.54, 1.807) is 29.2 Å². The molecule has 0 radical (unpaired) electrons. The number of anilines is 1. The van der Waals surface area contributed by atoms with E-state index in [4.69, 9.17) is 5.26 Å². The van der Waals surface area contributed by atoms with Crippen LogP contribution in [0, 0.1) is 11.3 Å². The molecule has 110 valence electrons. The van der Waals surface area contributed by atoms with Gasteiger partial charge in [0.15, 0.2) is 0 Å². The monoisotopic (exact) mass is 286 g/mol. The summed E-state index contributed by atoms with van der Waals surface area (Å²) in [5.41, 5.74) is 1.26. The van der Waals surface area contributed by atoms with Gasteiger partial charge in [-0.2, -0.15) is 5.26 Å². The largest absolute Gasteiger partial charge is 0.336 e. The van der Waals surface area contributed by atoms with Gasteiger partial charge in [-0.25, -0.2) is 4.79 Å².